The molecule has 0 saturated carbocycles. The maximum Gasteiger partial charge on any atom is 0.121 e. The molecule has 94 valence electrons. The van der Waals surface area contributed by atoms with Gasteiger partial charge in [-0.3, -0.25) is 4.98 Å². The fourth-order valence-corrected chi connectivity index (χ4v) is 1.96. The van der Waals surface area contributed by atoms with E-state index in [0.717, 1.165) is 22.6 Å². The molecule has 0 saturated heterocycles. The molecule has 0 aliphatic rings. The first kappa shape index (κ1) is 12.6. The Balaban J connectivity index is 2.37. The molecule has 1 aromatic heterocycles. The fourth-order valence-electron chi connectivity index (χ4n) is 1.96. The Kier molecular flexibility index (Phi) is 3.63. The first-order chi connectivity index (χ1) is 8.61. The summed E-state index contributed by atoms with van der Waals surface area (Å²) in [5, 5.41) is 10.4. The number of benzene rings is 1. The molecular weight excluding hydrogens is 226 g/mol. The molecule has 0 radical (unpaired) electrons. The number of aromatic nitrogens is 1. The smallest absolute Gasteiger partial charge is 0.121 e. The van der Waals surface area contributed by atoms with Gasteiger partial charge in [-0.1, -0.05) is 12.1 Å². The topological polar surface area (TPSA) is 42.4 Å². The normalized spacial score (nSPS) is 12.2. The van der Waals surface area contributed by atoms with E-state index in [1.165, 1.54) is 0 Å². The molecule has 0 spiro atoms. The van der Waals surface area contributed by atoms with Crippen LogP contribution in [0.1, 0.15) is 28.6 Å². The van der Waals surface area contributed by atoms with Crippen LogP contribution < -0.4 is 4.74 Å². The molecule has 1 aromatic carbocycles. The summed E-state index contributed by atoms with van der Waals surface area (Å²) in [6, 6.07) is 11.3. The molecule has 1 atom stereocenters. The van der Waals surface area contributed by atoms with Crippen molar-refractivity contribution in [1.29, 1.82) is 0 Å². The lowest BCUT2D eigenvalue weighted by molar-refractivity contribution is 0.214. The second-order valence-corrected chi connectivity index (χ2v) is 4.33. The largest absolute Gasteiger partial charge is 0.497 e. The van der Waals surface area contributed by atoms with Gasteiger partial charge in [0, 0.05) is 5.69 Å². The maximum atomic E-state index is 10.4. The molecule has 0 bridgehead atoms. The summed E-state index contributed by atoms with van der Waals surface area (Å²) in [5.41, 5.74) is 3.42. The molecule has 0 amide bonds. The Hall–Kier alpha value is -1.87. The van der Waals surface area contributed by atoms with Crippen LogP contribution in [-0.2, 0) is 0 Å². The summed E-state index contributed by atoms with van der Waals surface area (Å²) in [5.74, 6) is 0.792. The third-order valence-corrected chi connectivity index (χ3v) is 2.96. The first-order valence-corrected chi connectivity index (χ1v) is 5.88. The number of hydrogen-bond donors (Lipinski definition) is 1. The summed E-state index contributed by atoms with van der Waals surface area (Å²) < 4.78 is 5.16. The third kappa shape index (κ3) is 2.51. The van der Waals surface area contributed by atoms with Crippen LogP contribution in [-0.4, -0.2) is 17.2 Å². The molecule has 1 N–H and O–H groups in total. The highest BCUT2D eigenvalue weighted by Crippen LogP contribution is 2.26. The zero-order valence-corrected chi connectivity index (χ0v) is 10.8. The highest BCUT2D eigenvalue weighted by Gasteiger charge is 2.14. The molecule has 3 heteroatoms. The standard InChI is InChI=1S/C15H17NO2/c1-10-9-12(18-3)7-8-13(10)15(17)14-6-4-5-11(2)16-14/h4-9,15,17H,1-3H3. The monoisotopic (exact) mass is 243 g/mol. The van der Waals surface area contributed by atoms with Gasteiger partial charge in [0.1, 0.15) is 11.9 Å². The second-order valence-electron chi connectivity index (χ2n) is 4.33. The van der Waals surface area contributed by atoms with Gasteiger partial charge in [0.2, 0.25) is 0 Å². The van der Waals surface area contributed by atoms with Crippen molar-refractivity contribution in [1.82, 2.24) is 4.98 Å². The second kappa shape index (κ2) is 5.19. The number of aliphatic hydroxyl groups is 1. The van der Waals surface area contributed by atoms with Gasteiger partial charge < -0.3 is 9.84 Å². The van der Waals surface area contributed by atoms with E-state index in [-0.39, 0.29) is 0 Å². The number of methoxy groups -OCH3 is 1. The fraction of sp³-hybridized carbons (Fsp3) is 0.267. The van der Waals surface area contributed by atoms with Crippen LogP contribution in [0.4, 0.5) is 0 Å². The minimum Gasteiger partial charge on any atom is -0.497 e. The number of aryl methyl sites for hydroxylation is 2. The summed E-state index contributed by atoms with van der Waals surface area (Å²) in [6.45, 7) is 3.87. The highest BCUT2D eigenvalue weighted by molar-refractivity contribution is 5.38. The zero-order chi connectivity index (χ0) is 13.1. The van der Waals surface area contributed by atoms with E-state index in [4.69, 9.17) is 4.74 Å². The van der Waals surface area contributed by atoms with Crippen molar-refractivity contribution in [2.75, 3.05) is 7.11 Å². The lowest BCUT2D eigenvalue weighted by Crippen LogP contribution is -2.05. The van der Waals surface area contributed by atoms with E-state index < -0.39 is 6.10 Å². The van der Waals surface area contributed by atoms with Gasteiger partial charge in [-0.2, -0.15) is 0 Å². The van der Waals surface area contributed by atoms with Crippen molar-refractivity contribution in [3.63, 3.8) is 0 Å². The Morgan fingerprint density at radius 2 is 1.94 bits per heavy atom. The summed E-state index contributed by atoms with van der Waals surface area (Å²) in [4.78, 5) is 4.35. The Labute approximate surface area is 107 Å². The highest BCUT2D eigenvalue weighted by atomic mass is 16.5. The molecule has 1 unspecified atom stereocenters. The Morgan fingerprint density at radius 1 is 1.17 bits per heavy atom. The van der Waals surface area contributed by atoms with E-state index in [0.29, 0.717) is 5.69 Å². The molecule has 3 nitrogen and oxygen atoms in total. The van der Waals surface area contributed by atoms with Gasteiger partial charge in [0.05, 0.1) is 12.8 Å². The van der Waals surface area contributed by atoms with Gasteiger partial charge in [0.15, 0.2) is 0 Å². The van der Waals surface area contributed by atoms with E-state index in [9.17, 15) is 5.11 Å². The number of rotatable bonds is 3. The lowest BCUT2D eigenvalue weighted by Gasteiger charge is -2.14. The minimum atomic E-state index is -0.698. The number of pyridine rings is 1. The van der Waals surface area contributed by atoms with Crippen molar-refractivity contribution in [3.05, 3.63) is 58.9 Å². The van der Waals surface area contributed by atoms with E-state index in [2.05, 4.69) is 4.98 Å². The molecular formula is C15H17NO2. The number of aliphatic hydroxyl groups excluding tert-OH is 1. The summed E-state index contributed by atoms with van der Waals surface area (Å²) in [6.07, 6.45) is -0.698. The quantitative estimate of drug-likeness (QED) is 0.901. The molecule has 18 heavy (non-hydrogen) atoms. The summed E-state index contributed by atoms with van der Waals surface area (Å²) in [7, 11) is 1.63. The van der Waals surface area contributed by atoms with Crippen LogP contribution >= 0.6 is 0 Å². The number of ether oxygens (including phenoxy) is 1. The van der Waals surface area contributed by atoms with Crippen molar-refractivity contribution in [2.45, 2.75) is 20.0 Å². The minimum absolute atomic E-state index is 0.670. The van der Waals surface area contributed by atoms with Gasteiger partial charge in [0.25, 0.3) is 0 Å². The zero-order valence-electron chi connectivity index (χ0n) is 10.8. The van der Waals surface area contributed by atoms with Crippen LogP contribution in [0.25, 0.3) is 0 Å². The van der Waals surface area contributed by atoms with Crippen LogP contribution in [0.15, 0.2) is 36.4 Å². The van der Waals surface area contributed by atoms with E-state index in [1.54, 1.807) is 7.11 Å². The van der Waals surface area contributed by atoms with Gasteiger partial charge >= 0.3 is 0 Å². The molecule has 0 fully saturated rings. The van der Waals surface area contributed by atoms with Gasteiger partial charge in [-0.15, -0.1) is 0 Å². The van der Waals surface area contributed by atoms with Crippen molar-refractivity contribution < 1.29 is 9.84 Å². The Bertz CT molecular complexity index is 552. The van der Waals surface area contributed by atoms with Crippen molar-refractivity contribution >= 4 is 0 Å². The average Bonchev–Trinajstić information content (AvgIpc) is 2.37. The Morgan fingerprint density at radius 3 is 2.56 bits per heavy atom. The molecule has 2 rings (SSSR count). The molecule has 0 aliphatic heterocycles. The molecule has 2 aromatic rings. The van der Waals surface area contributed by atoms with E-state index >= 15 is 0 Å². The molecule has 1 heterocycles. The van der Waals surface area contributed by atoms with Crippen molar-refractivity contribution in [3.8, 4) is 5.75 Å². The molecule has 0 aliphatic carbocycles. The van der Waals surface area contributed by atoms with Gasteiger partial charge in [-0.05, 0) is 49.2 Å². The number of nitrogens with zero attached hydrogens (tertiary/aromatic N) is 1. The van der Waals surface area contributed by atoms with Crippen LogP contribution in [0, 0.1) is 13.8 Å². The maximum absolute atomic E-state index is 10.4. The van der Waals surface area contributed by atoms with Crippen LogP contribution in [0.2, 0.25) is 0 Å². The number of hydrogen-bond acceptors (Lipinski definition) is 3. The van der Waals surface area contributed by atoms with Crippen LogP contribution in [0.5, 0.6) is 5.75 Å². The summed E-state index contributed by atoms with van der Waals surface area (Å²) >= 11 is 0. The predicted octanol–water partition coefficient (Wildman–Crippen LogP) is 2.79. The van der Waals surface area contributed by atoms with Crippen molar-refractivity contribution in [2.24, 2.45) is 0 Å². The first-order valence-electron chi connectivity index (χ1n) is 5.88. The lowest BCUT2D eigenvalue weighted by atomic mass is 10.0. The average molecular weight is 243 g/mol. The predicted molar refractivity (Wildman–Crippen MR) is 70.8 cm³/mol. The van der Waals surface area contributed by atoms with Crippen LogP contribution in [0.3, 0.4) is 0 Å². The van der Waals surface area contributed by atoms with Gasteiger partial charge in [-0.25, -0.2) is 0 Å². The third-order valence-electron chi connectivity index (χ3n) is 2.96. The van der Waals surface area contributed by atoms with E-state index in [1.807, 2.05) is 50.2 Å². The SMILES string of the molecule is COc1ccc(C(O)c2cccc(C)n2)c(C)c1.